The zero-order valence-corrected chi connectivity index (χ0v) is 8.50. The van der Waals surface area contributed by atoms with Crippen LogP contribution in [0.5, 0.6) is 0 Å². The Bertz CT molecular complexity index is 215. The van der Waals surface area contributed by atoms with Crippen LogP contribution in [0.4, 0.5) is 0 Å². The highest BCUT2D eigenvalue weighted by Gasteiger charge is 2.45. The number of carbonyl (C=O) groups is 1. The van der Waals surface area contributed by atoms with Crippen molar-refractivity contribution < 1.29 is 9.53 Å². The summed E-state index contributed by atoms with van der Waals surface area (Å²) in [4.78, 5) is 14.0. The number of morpholine rings is 1. The minimum Gasteiger partial charge on any atom is -0.378 e. The first-order valence-electron chi connectivity index (χ1n) is 5.36. The fourth-order valence-corrected chi connectivity index (χ4v) is 2.21. The molecule has 0 bridgehead atoms. The van der Waals surface area contributed by atoms with Crippen molar-refractivity contribution in [2.45, 2.75) is 19.3 Å². The van der Waals surface area contributed by atoms with Gasteiger partial charge in [-0.15, -0.1) is 0 Å². The van der Waals surface area contributed by atoms with E-state index in [2.05, 4.69) is 0 Å². The van der Waals surface area contributed by atoms with E-state index >= 15 is 0 Å². The Morgan fingerprint density at radius 3 is 2.43 bits per heavy atom. The molecule has 4 nitrogen and oxygen atoms in total. The third-order valence-corrected chi connectivity index (χ3v) is 3.45. The number of nitrogens with two attached hydrogens (primary N) is 1. The first kappa shape index (κ1) is 9.93. The quantitative estimate of drug-likeness (QED) is 0.678. The van der Waals surface area contributed by atoms with E-state index in [4.69, 9.17) is 10.5 Å². The smallest absolute Gasteiger partial charge is 0.230 e. The monoisotopic (exact) mass is 198 g/mol. The zero-order valence-electron chi connectivity index (χ0n) is 8.50. The summed E-state index contributed by atoms with van der Waals surface area (Å²) >= 11 is 0. The van der Waals surface area contributed by atoms with Gasteiger partial charge in [0, 0.05) is 19.6 Å². The second kappa shape index (κ2) is 3.87. The molecule has 1 saturated heterocycles. The Kier molecular flexibility index (Phi) is 2.74. The van der Waals surface area contributed by atoms with Crippen molar-refractivity contribution in [2.75, 3.05) is 32.8 Å². The SMILES string of the molecule is NCC1(C(=O)N2CCOCC2)CCC1. The number of hydrogen-bond donors (Lipinski definition) is 1. The number of carbonyl (C=O) groups excluding carboxylic acids is 1. The highest BCUT2D eigenvalue weighted by molar-refractivity contribution is 5.84. The lowest BCUT2D eigenvalue weighted by molar-refractivity contribution is -0.150. The number of ether oxygens (including phenoxy) is 1. The molecule has 2 aliphatic rings. The molecule has 2 N–H and O–H groups in total. The topological polar surface area (TPSA) is 55.6 Å². The molecule has 1 saturated carbocycles. The van der Waals surface area contributed by atoms with E-state index in [-0.39, 0.29) is 11.3 Å². The Hall–Kier alpha value is -0.610. The molecular formula is C10H18N2O2. The van der Waals surface area contributed by atoms with Crippen molar-refractivity contribution in [3.8, 4) is 0 Å². The third kappa shape index (κ3) is 1.53. The molecule has 0 radical (unpaired) electrons. The third-order valence-electron chi connectivity index (χ3n) is 3.45. The van der Waals surface area contributed by atoms with Crippen LogP contribution >= 0.6 is 0 Å². The van der Waals surface area contributed by atoms with Gasteiger partial charge in [-0.1, -0.05) is 6.42 Å². The lowest BCUT2D eigenvalue weighted by atomic mass is 9.68. The molecule has 1 aliphatic heterocycles. The van der Waals surface area contributed by atoms with Crippen LogP contribution in [0.1, 0.15) is 19.3 Å². The van der Waals surface area contributed by atoms with Gasteiger partial charge in [0.15, 0.2) is 0 Å². The number of rotatable bonds is 2. The molecule has 2 rings (SSSR count). The van der Waals surface area contributed by atoms with Crippen molar-refractivity contribution in [2.24, 2.45) is 11.1 Å². The van der Waals surface area contributed by atoms with Crippen LogP contribution in [0, 0.1) is 5.41 Å². The lowest BCUT2D eigenvalue weighted by Gasteiger charge is -2.43. The minimum atomic E-state index is -0.211. The van der Waals surface area contributed by atoms with E-state index in [0.717, 1.165) is 32.4 Å². The van der Waals surface area contributed by atoms with Crippen LogP contribution in [-0.2, 0) is 9.53 Å². The van der Waals surface area contributed by atoms with Crippen molar-refractivity contribution in [1.82, 2.24) is 4.90 Å². The number of nitrogens with zero attached hydrogens (tertiary/aromatic N) is 1. The van der Waals surface area contributed by atoms with Gasteiger partial charge in [0.05, 0.1) is 18.6 Å². The summed E-state index contributed by atoms with van der Waals surface area (Å²) in [6, 6.07) is 0. The first-order valence-corrected chi connectivity index (χ1v) is 5.36. The molecule has 0 aromatic heterocycles. The maximum Gasteiger partial charge on any atom is 0.230 e. The van der Waals surface area contributed by atoms with Gasteiger partial charge >= 0.3 is 0 Å². The maximum atomic E-state index is 12.1. The molecule has 1 amide bonds. The molecule has 0 aromatic rings. The molecule has 4 heteroatoms. The molecule has 14 heavy (non-hydrogen) atoms. The van der Waals surface area contributed by atoms with Gasteiger partial charge < -0.3 is 15.4 Å². The lowest BCUT2D eigenvalue weighted by Crippen LogP contribution is -2.54. The fourth-order valence-electron chi connectivity index (χ4n) is 2.21. The summed E-state index contributed by atoms with van der Waals surface area (Å²) in [7, 11) is 0. The summed E-state index contributed by atoms with van der Waals surface area (Å²) in [6.45, 7) is 3.32. The van der Waals surface area contributed by atoms with Crippen LogP contribution in [0.3, 0.4) is 0 Å². The van der Waals surface area contributed by atoms with Crippen molar-refractivity contribution in [3.05, 3.63) is 0 Å². The Morgan fingerprint density at radius 1 is 1.36 bits per heavy atom. The van der Waals surface area contributed by atoms with Gasteiger partial charge in [0.2, 0.25) is 5.91 Å². The van der Waals surface area contributed by atoms with Crippen LogP contribution < -0.4 is 5.73 Å². The van der Waals surface area contributed by atoms with Crippen LogP contribution in [0.2, 0.25) is 0 Å². The highest BCUT2D eigenvalue weighted by Crippen LogP contribution is 2.41. The van der Waals surface area contributed by atoms with Crippen LogP contribution in [0.25, 0.3) is 0 Å². The Labute approximate surface area is 84.4 Å². The van der Waals surface area contributed by atoms with Gasteiger partial charge in [-0.2, -0.15) is 0 Å². The summed E-state index contributed by atoms with van der Waals surface area (Å²) in [5.74, 6) is 0.259. The van der Waals surface area contributed by atoms with E-state index in [1.807, 2.05) is 4.90 Å². The largest absolute Gasteiger partial charge is 0.378 e. The molecule has 0 aromatic carbocycles. The number of amides is 1. The molecule has 0 unspecified atom stereocenters. The maximum absolute atomic E-state index is 12.1. The molecular weight excluding hydrogens is 180 g/mol. The van der Waals surface area contributed by atoms with Gasteiger partial charge in [-0.25, -0.2) is 0 Å². The Balaban J connectivity index is 1.98. The van der Waals surface area contributed by atoms with Crippen molar-refractivity contribution >= 4 is 5.91 Å². The highest BCUT2D eigenvalue weighted by atomic mass is 16.5. The molecule has 1 heterocycles. The second-order valence-electron chi connectivity index (χ2n) is 4.24. The van der Waals surface area contributed by atoms with E-state index < -0.39 is 0 Å². The van der Waals surface area contributed by atoms with Gasteiger partial charge in [0.1, 0.15) is 0 Å². The van der Waals surface area contributed by atoms with E-state index in [0.29, 0.717) is 19.8 Å². The van der Waals surface area contributed by atoms with Crippen LogP contribution in [0.15, 0.2) is 0 Å². The van der Waals surface area contributed by atoms with Gasteiger partial charge in [0.25, 0.3) is 0 Å². The summed E-state index contributed by atoms with van der Waals surface area (Å²) in [6.07, 6.45) is 3.09. The molecule has 0 spiro atoms. The molecule has 2 fully saturated rings. The van der Waals surface area contributed by atoms with E-state index in [1.165, 1.54) is 0 Å². The van der Waals surface area contributed by atoms with Crippen LogP contribution in [-0.4, -0.2) is 43.7 Å². The molecule has 80 valence electrons. The fraction of sp³-hybridized carbons (Fsp3) is 0.900. The average Bonchev–Trinajstić information content (AvgIpc) is 2.18. The first-order chi connectivity index (χ1) is 6.78. The van der Waals surface area contributed by atoms with Gasteiger partial charge in [-0.05, 0) is 12.8 Å². The van der Waals surface area contributed by atoms with E-state index in [9.17, 15) is 4.79 Å². The Morgan fingerprint density at radius 2 is 2.00 bits per heavy atom. The van der Waals surface area contributed by atoms with E-state index in [1.54, 1.807) is 0 Å². The normalized spacial score (nSPS) is 25.6. The standard InChI is InChI=1S/C10H18N2O2/c11-8-10(2-1-3-10)9(13)12-4-6-14-7-5-12/h1-8,11H2. The van der Waals surface area contributed by atoms with Crippen molar-refractivity contribution in [3.63, 3.8) is 0 Å². The number of hydrogen-bond acceptors (Lipinski definition) is 3. The summed E-state index contributed by atoms with van der Waals surface area (Å²) < 4.78 is 5.22. The second-order valence-corrected chi connectivity index (χ2v) is 4.24. The van der Waals surface area contributed by atoms with Crippen molar-refractivity contribution in [1.29, 1.82) is 0 Å². The predicted octanol–water partition coefficient (Wildman–Crippen LogP) is -0.0258. The summed E-state index contributed by atoms with van der Waals surface area (Å²) in [5.41, 5.74) is 5.49. The molecule has 0 atom stereocenters. The van der Waals surface area contributed by atoms with Gasteiger partial charge in [-0.3, -0.25) is 4.79 Å². The molecule has 1 aliphatic carbocycles. The average molecular weight is 198 g/mol. The minimum absolute atomic E-state index is 0.211. The summed E-state index contributed by atoms with van der Waals surface area (Å²) in [5, 5.41) is 0. The zero-order chi connectivity index (χ0) is 10.0. The predicted molar refractivity (Wildman–Crippen MR) is 52.7 cm³/mol.